The molecule has 2 aromatic carbocycles. The zero-order valence-corrected chi connectivity index (χ0v) is 17.6. The fourth-order valence-electron chi connectivity index (χ4n) is 5.43. The van der Waals surface area contributed by atoms with E-state index in [-0.39, 0.29) is 1.43 Å². The van der Waals surface area contributed by atoms with Gasteiger partial charge in [-0.15, -0.1) is 10.6 Å². The molecule has 7 nitrogen and oxygen atoms in total. The minimum atomic E-state index is 0. The minimum absolute atomic E-state index is 0. The SMILES string of the molecule is [HH].c1cc(-c2onc3ccc(C4=NNNN4)cc23)cc(C2CCN(C3CCCC3)CC2)c1. The number of likely N-dealkylation sites (tertiary alicyclic amines) is 1. The summed E-state index contributed by atoms with van der Waals surface area (Å²) < 4.78 is 5.80. The fraction of sp³-hybridized carbons (Fsp3) is 0.417. The van der Waals surface area contributed by atoms with Crippen molar-refractivity contribution in [2.24, 2.45) is 5.10 Å². The molecule has 3 aromatic rings. The fourth-order valence-corrected chi connectivity index (χ4v) is 5.43. The van der Waals surface area contributed by atoms with E-state index in [0.717, 1.165) is 39.7 Å². The van der Waals surface area contributed by atoms with E-state index in [2.05, 4.69) is 62.0 Å². The topological polar surface area (TPSA) is 77.7 Å². The first-order valence-corrected chi connectivity index (χ1v) is 11.4. The number of hydrogen-bond acceptors (Lipinski definition) is 7. The Morgan fingerprint density at radius 2 is 1.84 bits per heavy atom. The number of hydrazine groups is 2. The first-order valence-electron chi connectivity index (χ1n) is 11.4. The molecule has 7 heteroatoms. The number of amidine groups is 1. The van der Waals surface area contributed by atoms with Crippen molar-refractivity contribution in [3.05, 3.63) is 53.6 Å². The summed E-state index contributed by atoms with van der Waals surface area (Å²) in [4.78, 5) is 2.74. The lowest BCUT2D eigenvalue weighted by Crippen LogP contribution is -2.39. The Kier molecular flexibility index (Phi) is 4.85. The molecule has 1 saturated heterocycles. The predicted molar refractivity (Wildman–Crippen MR) is 123 cm³/mol. The zero-order valence-electron chi connectivity index (χ0n) is 17.6. The van der Waals surface area contributed by atoms with Crippen molar-refractivity contribution in [1.82, 2.24) is 26.6 Å². The van der Waals surface area contributed by atoms with E-state index in [1.165, 1.54) is 57.2 Å². The van der Waals surface area contributed by atoms with Gasteiger partial charge in [0.15, 0.2) is 11.6 Å². The Labute approximate surface area is 183 Å². The summed E-state index contributed by atoms with van der Waals surface area (Å²) in [5.74, 6) is 2.19. The smallest absolute Gasteiger partial charge is 0.174 e. The van der Waals surface area contributed by atoms with Gasteiger partial charge in [0.25, 0.3) is 0 Å². The molecule has 0 radical (unpaired) electrons. The number of piperidine rings is 1. The maximum atomic E-state index is 5.80. The minimum Gasteiger partial charge on any atom is -0.355 e. The van der Waals surface area contributed by atoms with Crippen LogP contribution in [0.15, 0.2) is 52.1 Å². The summed E-state index contributed by atoms with van der Waals surface area (Å²) >= 11 is 0. The van der Waals surface area contributed by atoms with Crippen LogP contribution in [0.25, 0.3) is 22.2 Å². The van der Waals surface area contributed by atoms with Crippen LogP contribution in [0.4, 0.5) is 0 Å². The summed E-state index contributed by atoms with van der Waals surface area (Å²) in [6, 6.07) is 15.7. The van der Waals surface area contributed by atoms with E-state index in [0.29, 0.717) is 5.92 Å². The van der Waals surface area contributed by atoms with Gasteiger partial charge >= 0.3 is 0 Å². The van der Waals surface area contributed by atoms with Gasteiger partial charge in [0.05, 0.1) is 5.39 Å². The van der Waals surface area contributed by atoms with Gasteiger partial charge < -0.3 is 9.42 Å². The lowest BCUT2D eigenvalue weighted by Gasteiger charge is -2.36. The molecular weight excluding hydrogens is 388 g/mol. The second kappa shape index (κ2) is 7.98. The van der Waals surface area contributed by atoms with Crippen LogP contribution in [-0.2, 0) is 0 Å². The number of benzene rings is 2. The summed E-state index contributed by atoms with van der Waals surface area (Å²) in [6.45, 7) is 2.46. The van der Waals surface area contributed by atoms with Crippen LogP contribution in [-0.4, -0.2) is 35.0 Å². The Bertz CT molecular complexity index is 1110. The molecule has 3 aliphatic rings. The highest BCUT2D eigenvalue weighted by atomic mass is 16.5. The van der Waals surface area contributed by atoms with Gasteiger partial charge in [0, 0.05) is 18.6 Å². The second-order valence-electron chi connectivity index (χ2n) is 8.94. The number of rotatable bonds is 4. The van der Waals surface area contributed by atoms with Gasteiger partial charge in [0.1, 0.15) is 5.52 Å². The molecular formula is C24H30N6O. The average molecular weight is 419 g/mol. The number of nitrogens with zero attached hydrogens (tertiary/aromatic N) is 3. The van der Waals surface area contributed by atoms with Crippen LogP contribution in [0.1, 0.15) is 57.0 Å². The number of fused-ring (bicyclic) bond motifs is 1. The number of hydrazone groups is 1. The Morgan fingerprint density at radius 1 is 0.968 bits per heavy atom. The molecule has 0 unspecified atom stereocenters. The molecule has 162 valence electrons. The van der Waals surface area contributed by atoms with Gasteiger partial charge in [0.2, 0.25) is 0 Å². The summed E-state index contributed by atoms with van der Waals surface area (Å²) in [7, 11) is 0. The standard InChI is InChI=1S/C24H28N6O.H2/c1-2-7-20(6-1)30-12-10-16(11-13-30)17-4-3-5-18(14-17)23-21-15-19(24-25-28-29-26-24)8-9-22(21)27-31-23;/h3-5,8-9,14-16,20,28-29H,1-2,6-7,10-13H2,(H,25,26);1H. The third kappa shape index (κ3) is 3.58. The van der Waals surface area contributed by atoms with Gasteiger partial charge in [-0.2, -0.15) is 0 Å². The highest BCUT2D eigenvalue weighted by Gasteiger charge is 2.28. The molecule has 2 fully saturated rings. The van der Waals surface area contributed by atoms with Crippen LogP contribution in [0.3, 0.4) is 0 Å². The molecule has 1 aliphatic carbocycles. The van der Waals surface area contributed by atoms with Crippen molar-refractivity contribution in [2.75, 3.05) is 13.1 Å². The lowest BCUT2D eigenvalue weighted by molar-refractivity contribution is 0.154. The molecule has 31 heavy (non-hydrogen) atoms. The third-order valence-electron chi connectivity index (χ3n) is 7.15. The van der Waals surface area contributed by atoms with Gasteiger partial charge in [-0.25, -0.2) is 5.53 Å². The average Bonchev–Trinajstić information content (AvgIpc) is 3.61. The normalized spacial score (nSPS) is 20.7. The second-order valence-corrected chi connectivity index (χ2v) is 8.94. The predicted octanol–water partition coefficient (Wildman–Crippen LogP) is 4.14. The van der Waals surface area contributed by atoms with Gasteiger partial charge in [-0.05, 0) is 74.5 Å². The van der Waals surface area contributed by atoms with Crippen molar-refractivity contribution < 1.29 is 5.95 Å². The van der Waals surface area contributed by atoms with Crippen LogP contribution in [0, 0.1) is 0 Å². The Balaban J connectivity index is 0.00000216. The van der Waals surface area contributed by atoms with Crippen molar-refractivity contribution >= 4 is 16.7 Å². The molecule has 0 bridgehead atoms. The Hall–Kier alpha value is -2.90. The summed E-state index contributed by atoms with van der Waals surface area (Å²) in [5, 5.41) is 9.49. The quantitative estimate of drug-likeness (QED) is 0.591. The van der Waals surface area contributed by atoms with E-state index >= 15 is 0 Å². The number of nitrogens with one attached hydrogen (secondary N) is 3. The zero-order chi connectivity index (χ0) is 20.6. The molecule has 0 amide bonds. The van der Waals surface area contributed by atoms with E-state index < -0.39 is 0 Å². The summed E-state index contributed by atoms with van der Waals surface area (Å²) in [5.41, 5.74) is 12.8. The van der Waals surface area contributed by atoms with Gasteiger partial charge in [-0.3, -0.25) is 5.43 Å². The van der Waals surface area contributed by atoms with Crippen molar-refractivity contribution in [1.29, 1.82) is 0 Å². The molecule has 0 spiro atoms. The maximum Gasteiger partial charge on any atom is 0.174 e. The molecule has 6 rings (SSSR count). The lowest BCUT2D eigenvalue weighted by atomic mass is 9.87. The van der Waals surface area contributed by atoms with E-state index in [1.807, 2.05) is 12.1 Å². The molecule has 3 N–H and O–H groups in total. The van der Waals surface area contributed by atoms with Gasteiger partial charge in [-0.1, -0.05) is 36.2 Å². The monoisotopic (exact) mass is 418 g/mol. The first-order chi connectivity index (χ1) is 15.3. The van der Waals surface area contributed by atoms with E-state index in [4.69, 9.17) is 4.52 Å². The molecule has 1 saturated carbocycles. The van der Waals surface area contributed by atoms with E-state index in [9.17, 15) is 0 Å². The Morgan fingerprint density at radius 3 is 2.65 bits per heavy atom. The number of aromatic nitrogens is 1. The highest BCUT2D eigenvalue weighted by Crippen LogP contribution is 2.35. The maximum absolute atomic E-state index is 5.80. The van der Waals surface area contributed by atoms with Crippen LogP contribution in [0.2, 0.25) is 0 Å². The highest BCUT2D eigenvalue weighted by molar-refractivity contribution is 6.03. The van der Waals surface area contributed by atoms with Crippen molar-refractivity contribution in [3.8, 4) is 11.3 Å². The third-order valence-corrected chi connectivity index (χ3v) is 7.15. The molecule has 3 heterocycles. The first kappa shape index (κ1) is 18.8. The molecule has 2 aliphatic heterocycles. The molecule has 1 aromatic heterocycles. The largest absolute Gasteiger partial charge is 0.355 e. The number of hydrogen-bond donors (Lipinski definition) is 3. The van der Waals surface area contributed by atoms with Crippen molar-refractivity contribution in [3.63, 3.8) is 0 Å². The van der Waals surface area contributed by atoms with Crippen LogP contribution < -0.4 is 16.5 Å². The van der Waals surface area contributed by atoms with Crippen LogP contribution >= 0.6 is 0 Å². The molecule has 0 atom stereocenters. The van der Waals surface area contributed by atoms with Crippen molar-refractivity contribution in [2.45, 2.75) is 50.5 Å². The summed E-state index contributed by atoms with van der Waals surface area (Å²) in [6.07, 6.45) is 8.11. The van der Waals surface area contributed by atoms with Crippen LogP contribution in [0.5, 0.6) is 0 Å². The van der Waals surface area contributed by atoms with E-state index in [1.54, 1.807) is 0 Å².